The number of nitrogens with zero attached hydrogens (tertiary/aromatic N) is 1. The molecule has 0 aliphatic carbocycles. The van der Waals surface area contributed by atoms with Crippen molar-refractivity contribution in [1.29, 1.82) is 0 Å². The van der Waals surface area contributed by atoms with E-state index >= 15 is 0 Å². The van der Waals surface area contributed by atoms with Crippen LogP contribution < -0.4 is 16.6 Å². The predicted octanol–water partition coefficient (Wildman–Crippen LogP) is 1.33. The zero-order chi connectivity index (χ0) is 13.4. The largest absolute Gasteiger partial charge is 0.355 e. The molecule has 0 bridgehead atoms. The summed E-state index contributed by atoms with van der Waals surface area (Å²) in [5.74, 6) is 4.62. The van der Waals surface area contributed by atoms with Crippen LogP contribution in [-0.4, -0.2) is 19.0 Å². The van der Waals surface area contributed by atoms with E-state index in [1.165, 1.54) is 12.1 Å². The van der Waals surface area contributed by atoms with Crippen molar-refractivity contribution in [2.24, 2.45) is 10.8 Å². The fraction of sp³-hybridized carbons (Fsp3) is 0.417. The highest BCUT2D eigenvalue weighted by molar-refractivity contribution is 5.79. The first kappa shape index (κ1) is 14.4. The number of nitrogens with one attached hydrogen (secondary N) is 2. The third kappa shape index (κ3) is 5.09. The van der Waals surface area contributed by atoms with Crippen molar-refractivity contribution in [2.45, 2.75) is 19.8 Å². The lowest BCUT2D eigenvalue weighted by Gasteiger charge is -2.09. The van der Waals surface area contributed by atoms with Gasteiger partial charge in [0.1, 0.15) is 11.6 Å². The van der Waals surface area contributed by atoms with Gasteiger partial charge in [0, 0.05) is 19.2 Å². The monoisotopic (exact) mass is 256 g/mol. The normalized spacial score (nSPS) is 11.4. The molecule has 0 saturated heterocycles. The molecule has 0 spiro atoms. The Morgan fingerprint density at radius 1 is 1.28 bits per heavy atom. The standard InChI is InChI=1S/C12H18F2N4/c1-2-4-16-12(18-15)17-5-3-9-6-10(13)8-11(14)7-9/h6-8H,2-5,15H2,1H3,(H2,16,17,18). The Labute approximate surface area is 105 Å². The second kappa shape index (κ2) is 7.60. The van der Waals surface area contributed by atoms with Crippen molar-refractivity contribution in [3.8, 4) is 0 Å². The molecule has 0 heterocycles. The lowest BCUT2D eigenvalue weighted by molar-refractivity contribution is 0.579. The molecule has 0 aliphatic heterocycles. The zero-order valence-corrected chi connectivity index (χ0v) is 10.3. The maximum atomic E-state index is 12.9. The Hall–Kier alpha value is -1.69. The van der Waals surface area contributed by atoms with Crippen LogP contribution >= 0.6 is 0 Å². The van der Waals surface area contributed by atoms with Gasteiger partial charge in [0.2, 0.25) is 5.96 Å². The molecule has 0 fully saturated rings. The second-order valence-electron chi connectivity index (χ2n) is 3.83. The van der Waals surface area contributed by atoms with Crippen LogP contribution in [0.3, 0.4) is 0 Å². The molecule has 18 heavy (non-hydrogen) atoms. The minimum Gasteiger partial charge on any atom is -0.355 e. The van der Waals surface area contributed by atoms with Gasteiger partial charge in [0.25, 0.3) is 0 Å². The molecule has 4 nitrogen and oxygen atoms in total. The molecular formula is C12H18F2N4. The Balaban J connectivity index is 2.45. The van der Waals surface area contributed by atoms with Crippen LogP contribution in [0.4, 0.5) is 8.78 Å². The lowest BCUT2D eigenvalue weighted by Crippen LogP contribution is -2.42. The van der Waals surface area contributed by atoms with Crippen molar-refractivity contribution in [3.63, 3.8) is 0 Å². The fourth-order valence-corrected chi connectivity index (χ4v) is 1.46. The van der Waals surface area contributed by atoms with E-state index in [4.69, 9.17) is 5.84 Å². The molecule has 0 unspecified atom stereocenters. The number of halogens is 2. The lowest BCUT2D eigenvalue weighted by atomic mass is 10.1. The molecule has 0 amide bonds. The van der Waals surface area contributed by atoms with Crippen LogP contribution in [0.5, 0.6) is 0 Å². The third-order valence-electron chi connectivity index (χ3n) is 2.26. The van der Waals surface area contributed by atoms with Gasteiger partial charge in [-0.2, -0.15) is 0 Å². The molecule has 1 aromatic rings. The molecule has 4 N–H and O–H groups in total. The Kier molecular flexibility index (Phi) is 6.07. The highest BCUT2D eigenvalue weighted by atomic mass is 19.1. The van der Waals surface area contributed by atoms with E-state index in [9.17, 15) is 8.78 Å². The van der Waals surface area contributed by atoms with Crippen LogP contribution in [0.15, 0.2) is 23.2 Å². The van der Waals surface area contributed by atoms with Gasteiger partial charge in [0.15, 0.2) is 0 Å². The minimum absolute atomic E-state index is 0.480. The first-order valence-electron chi connectivity index (χ1n) is 5.85. The van der Waals surface area contributed by atoms with Gasteiger partial charge >= 0.3 is 0 Å². The molecule has 0 radical (unpaired) electrons. The average Bonchev–Trinajstić information content (AvgIpc) is 2.32. The highest BCUT2D eigenvalue weighted by Gasteiger charge is 2.01. The second-order valence-corrected chi connectivity index (χ2v) is 3.83. The van der Waals surface area contributed by atoms with Crippen molar-refractivity contribution >= 4 is 5.96 Å². The quantitative estimate of drug-likeness (QED) is 0.322. The van der Waals surface area contributed by atoms with E-state index in [0.717, 1.165) is 12.5 Å². The molecule has 0 aliphatic rings. The summed E-state index contributed by atoms with van der Waals surface area (Å²) in [6, 6.07) is 3.47. The number of aliphatic imine (C=N–C) groups is 1. The molecule has 0 atom stereocenters. The van der Waals surface area contributed by atoms with Crippen molar-refractivity contribution in [3.05, 3.63) is 35.4 Å². The Morgan fingerprint density at radius 2 is 1.94 bits per heavy atom. The van der Waals surface area contributed by atoms with Crippen LogP contribution in [0.25, 0.3) is 0 Å². The van der Waals surface area contributed by atoms with Gasteiger partial charge < -0.3 is 5.32 Å². The number of hydrazine groups is 1. The highest BCUT2D eigenvalue weighted by Crippen LogP contribution is 2.07. The van der Waals surface area contributed by atoms with Crippen LogP contribution in [0.1, 0.15) is 18.9 Å². The van der Waals surface area contributed by atoms with E-state index < -0.39 is 11.6 Å². The summed E-state index contributed by atoms with van der Waals surface area (Å²) in [6.45, 7) is 3.17. The van der Waals surface area contributed by atoms with E-state index in [0.29, 0.717) is 31.0 Å². The topological polar surface area (TPSA) is 62.4 Å². The van der Waals surface area contributed by atoms with E-state index in [-0.39, 0.29) is 0 Å². The molecule has 0 saturated carbocycles. The van der Waals surface area contributed by atoms with Crippen LogP contribution in [-0.2, 0) is 6.42 Å². The molecule has 1 aromatic carbocycles. The summed E-state index contributed by atoms with van der Waals surface area (Å²) < 4.78 is 25.9. The summed E-state index contributed by atoms with van der Waals surface area (Å²) >= 11 is 0. The zero-order valence-electron chi connectivity index (χ0n) is 10.3. The van der Waals surface area contributed by atoms with E-state index in [2.05, 4.69) is 15.7 Å². The first-order chi connectivity index (χ1) is 8.65. The smallest absolute Gasteiger partial charge is 0.205 e. The van der Waals surface area contributed by atoms with Gasteiger partial charge in [0.05, 0.1) is 0 Å². The van der Waals surface area contributed by atoms with Crippen molar-refractivity contribution < 1.29 is 8.78 Å². The van der Waals surface area contributed by atoms with Gasteiger partial charge in [-0.15, -0.1) is 0 Å². The summed E-state index contributed by atoms with van der Waals surface area (Å²) in [4.78, 5) is 4.15. The summed E-state index contributed by atoms with van der Waals surface area (Å²) in [7, 11) is 0. The number of hydrogen-bond acceptors (Lipinski definition) is 2. The Bertz CT molecular complexity index is 387. The third-order valence-corrected chi connectivity index (χ3v) is 2.26. The van der Waals surface area contributed by atoms with Crippen molar-refractivity contribution in [2.75, 3.05) is 13.1 Å². The van der Waals surface area contributed by atoms with Crippen LogP contribution in [0, 0.1) is 11.6 Å². The number of guanidine groups is 1. The summed E-state index contributed by atoms with van der Waals surface area (Å²) in [5, 5.41) is 2.96. The average molecular weight is 256 g/mol. The maximum Gasteiger partial charge on any atom is 0.205 e. The van der Waals surface area contributed by atoms with Gasteiger partial charge in [-0.3, -0.25) is 10.4 Å². The Morgan fingerprint density at radius 3 is 2.50 bits per heavy atom. The number of hydrogen-bond donors (Lipinski definition) is 3. The van der Waals surface area contributed by atoms with E-state index in [1.807, 2.05) is 6.92 Å². The summed E-state index contributed by atoms with van der Waals surface area (Å²) in [5.41, 5.74) is 3.03. The van der Waals surface area contributed by atoms with Gasteiger partial charge in [-0.25, -0.2) is 14.6 Å². The molecular weight excluding hydrogens is 238 g/mol. The number of rotatable bonds is 5. The van der Waals surface area contributed by atoms with E-state index in [1.54, 1.807) is 0 Å². The molecule has 6 heteroatoms. The van der Waals surface area contributed by atoms with Crippen molar-refractivity contribution in [1.82, 2.24) is 10.7 Å². The predicted molar refractivity (Wildman–Crippen MR) is 68.0 cm³/mol. The number of nitrogens with two attached hydrogens (primary N) is 1. The molecule has 100 valence electrons. The SMILES string of the molecule is CCCN=C(NN)NCCc1cc(F)cc(F)c1. The van der Waals surface area contributed by atoms with Crippen LogP contribution in [0.2, 0.25) is 0 Å². The molecule has 0 aromatic heterocycles. The maximum absolute atomic E-state index is 12.9. The minimum atomic E-state index is -0.568. The first-order valence-corrected chi connectivity index (χ1v) is 5.85. The van der Waals surface area contributed by atoms with Gasteiger partial charge in [-0.1, -0.05) is 6.92 Å². The van der Waals surface area contributed by atoms with Gasteiger partial charge in [-0.05, 0) is 30.5 Å². The number of benzene rings is 1. The molecule has 1 rings (SSSR count). The fourth-order valence-electron chi connectivity index (χ4n) is 1.46. The summed E-state index contributed by atoms with van der Waals surface area (Å²) in [6.07, 6.45) is 1.41.